The Hall–Kier alpha value is -3.23. The van der Waals surface area contributed by atoms with Crippen LogP contribution >= 0.6 is 11.3 Å². The zero-order chi connectivity index (χ0) is 20.9. The fourth-order valence-electron chi connectivity index (χ4n) is 3.27. The summed E-state index contributed by atoms with van der Waals surface area (Å²) in [6.45, 7) is 2.47. The third-order valence-electron chi connectivity index (χ3n) is 4.78. The van der Waals surface area contributed by atoms with Crippen molar-refractivity contribution in [2.75, 3.05) is 0 Å². The fraction of sp³-hybridized carbons (Fsp3) is 0.227. The van der Waals surface area contributed by atoms with E-state index in [4.69, 9.17) is 10.4 Å². The van der Waals surface area contributed by atoms with E-state index in [2.05, 4.69) is 15.5 Å². The molecule has 0 fully saturated rings. The fourth-order valence-corrected chi connectivity index (χ4v) is 3.99. The van der Waals surface area contributed by atoms with E-state index in [0.29, 0.717) is 18.0 Å². The number of amides is 1. The molecule has 7 nitrogen and oxygen atoms in total. The van der Waals surface area contributed by atoms with Gasteiger partial charge in [0.1, 0.15) is 0 Å². The summed E-state index contributed by atoms with van der Waals surface area (Å²) in [5.74, 6) is 6.58. The van der Waals surface area contributed by atoms with Crippen molar-refractivity contribution in [3.05, 3.63) is 82.4 Å². The van der Waals surface area contributed by atoms with E-state index >= 15 is 0 Å². The first-order chi connectivity index (χ1) is 14.6. The second-order valence-electron chi connectivity index (χ2n) is 7.04. The number of nitrogens with one attached hydrogen (secondary N) is 1. The van der Waals surface area contributed by atoms with Gasteiger partial charge in [-0.15, -0.1) is 11.3 Å². The smallest absolute Gasteiger partial charge is 0.277 e. The summed E-state index contributed by atoms with van der Waals surface area (Å²) in [5.41, 5.74) is 2.90. The van der Waals surface area contributed by atoms with Crippen LogP contribution in [0.3, 0.4) is 0 Å². The van der Waals surface area contributed by atoms with Gasteiger partial charge in [-0.25, -0.2) is 10.8 Å². The SMILES string of the molecule is Cc1ncc(-c2cc(C(=O)NC3=C(N(N)Cc4ccccc4)CCCC=C3)no2)s1. The van der Waals surface area contributed by atoms with Gasteiger partial charge in [0.05, 0.1) is 27.8 Å². The molecule has 8 heteroatoms. The summed E-state index contributed by atoms with van der Waals surface area (Å²) in [7, 11) is 0. The number of nitrogens with two attached hydrogens (primary N) is 1. The van der Waals surface area contributed by atoms with Crippen molar-refractivity contribution in [2.24, 2.45) is 5.84 Å². The molecule has 3 N–H and O–H groups in total. The number of carbonyl (C=O) groups is 1. The van der Waals surface area contributed by atoms with E-state index < -0.39 is 0 Å². The maximum Gasteiger partial charge on any atom is 0.277 e. The highest BCUT2D eigenvalue weighted by Crippen LogP contribution is 2.26. The van der Waals surface area contributed by atoms with Crippen LogP contribution in [0.15, 0.2) is 70.7 Å². The number of rotatable bonds is 6. The van der Waals surface area contributed by atoms with Gasteiger partial charge in [0.2, 0.25) is 0 Å². The molecule has 1 aliphatic carbocycles. The van der Waals surface area contributed by atoms with Gasteiger partial charge in [-0.05, 0) is 37.8 Å². The van der Waals surface area contributed by atoms with Gasteiger partial charge in [0.25, 0.3) is 5.91 Å². The summed E-state index contributed by atoms with van der Waals surface area (Å²) in [5, 5.41) is 9.51. The second kappa shape index (κ2) is 9.06. The van der Waals surface area contributed by atoms with Crippen LogP contribution in [-0.2, 0) is 6.54 Å². The van der Waals surface area contributed by atoms with Crippen molar-refractivity contribution in [3.8, 4) is 10.6 Å². The molecule has 0 radical (unpaired) electrons. The predicted octanol–water partition coefficient (Wildman–Crippen LogP) is 4.16. The minimum atomic E-state index is -0.335. The molecule has 1 amide bonds. The van der Waals surface area contributed by atoms with Crippen molar-refractivity contribution in [3.63, 3.8) is 0 Å². The van der Waals surface area contributed by atoms with Crippen LogP contribution in [0.1, 0.15) is 40.3 Å². The molecule has 2 aromatic heterocycles. The van der Waals surface area contributed by atoms with Crippen molar-refractivity contribution < 1.29 is 9.32 Å². The van der Waals surface area contributed by atoms with Crippen LogP contribution in [0.2, 0.25) is 0 Å². The van der Waals surface area contributed by atoms with Crippen LogP contribution in [0, 0.1) is 6.92 Å². The Bertz CT molecular complexity index is 1080. The molecule has 4 rings (SSSR count). The Morgan fingerprint density at radius 1 is 1.33 bits per heavy atom. The molecule has 0 aliphatic heterocycles. The van der Waals surface area contributed by atoms with E-state index in [0.717, 1.165) is 40.4 Å². The summed E-state index contributed by atoms with van der Waals surface area (Å²) in [6, 6.07) is 11.6. The van der Waals surface area contributed by atoms with Gasteiger partial charge in [0, 0.05) is 12.3 Å². The number of allylic oxidation sites excluding steroid dienone is 3. The monoisotopic (exact) mass is 421 g/mol. The number of carbonyl (C=O) groups excluding carboxylic acids is 1. The lowest BCUT2D eigenvalue weighted by Crippen LogP contribution is -2.34. The molecule has 1 aliphatic rings. The van der Waals surface area contributed by atoms with Crippen molar-refractivity contribution in [2.45, 2.75) is 32.7 Å². The maximum absolute atomic E-state index is 12.8. The third kappa shape index (κ3) is 4.67. The molecule has 0 bridgehead atoms. The van der Waals surface area contributed by atoms with Gasteiger partial charge in [-0.2, -0.15) is 0 Å². The molecular formula is C22H23N5O2S. The summed E-state index contributed by atoms with van der Waals surface area (Å²) in [6.07, 6.45) is 8.35. The maximum atomic E-state index is 12.8. The lowest BCUT2D eigenvalue weighted by atomic mass is 10.1. The first-order valence-corrected chi connectivity index (χ1v) is 10.6. The highest BCUT2D eigenvalue weighted by atomic mass is 32.1. The van der Waals surface area contributed by atoms with Crippen molar-refractivity contribution in [1.82, 2.24) is 20.5 Å². The molecular weight excluding hydrogens is 398 g/mol. The summed E-state index contributed by atoms with van der Waals surface area (Å²) >= 11 is 1.49. The van der Waals surface area contributed by atoms with E-state index in [1.807, 2.05) is 49.4 Å². The third-order valence-corrected chi connectivity index (χ3v) is 5.70. The molecule has 1 aromatic carbocycles. The normalized spacial score (nSPS) is 13.9. The first kappa shape index (κ1) is 20.1. The molecule has 0 spiro atoms. The van der Waals surface area contributed by atoms with E-state index in [1.165, 1.54) is 11.3 Å². The number of benzene rings is 1. The summed E-state index contributed by atoms with van der Waals surface area (Å²) in [4.78, 5) is 17.9. The predicted molar refractivity (Wildman–Crippen MR) is 116 cm³/mol. The highest BCUT2D eigenvalue weighted by molar-refractivity contribution is 7.15. The minimum Gasteiger partial charge on any atom is -0.355 e. The molecule has 0 saturated carbocycles. The number of nitrogens with zero attached hydrogens (tertiary/aromatic N) is 3. The highest BCUT2D eigenvalue weighted by Gasteiger charge is 2.19. The van der Waals surface area contributed by atoms with Crippen molar-refractivity contribution in [1.29, 1.82) is 0 Å². The van der Waals surface area contributed by atoms with Gasteiger partial charge < -0.3 is 14.8 Å². The number of hydrogen-bond donors (Lipinski definition) is 2. The Labute approximate surface area is 178 Å². The first-order valence-electron chi connectivity index (χ1n) is 9.77. The minimum absolute atomic E-state index is 0.215. The second-order valence-corrected chi connectivity index (χ2v) is 8.28. The van der Waals surface area contributed by atoms with Crippen LogP contribution in [0.5, 0.6) is 0 Å². The Balaban J connectivity index is 1.53. The average Bonchev–Trinajstić information content (AvgIpc) is 3.34. The average molecular weight is 422 g/mol. The molecule has 0 unspecified atom stereocenters. The van der Waals surface area contributed by atoms with Crippen molar-refractivity contribution >= 4 is 17.2 Å². The molecule has 30 heavy (non-hydrogen) atoms. The van der Waals surface area contributed by atoms with Crippen LogP contribution in [0.25, 0.3) is 10.6 Å². The Kier molecular flexibility index (Phi) is 6.06. The van der Waals surface area contributed by atoms with E-state index in [-0.39, 0.29) is 11.6 Å². The van der Waals surface area contributed by atoms with Gasteiger partial charge in [-0.1, -0.05) is 41.6 Å². The molecule has 154 valence electrons. The lowest BCUT2D eigenvalue weighted by Gasteiger charge is -2.24. The van der Waals surface area contributed by atoms with Gasteiger partial charge >= 0.3 is 0 Å². The lowest BCUT2D eigenvalue weighted by molar-refractivity contribution is 0.0956. The molecule has 0 saturated heterocycles. The zero-order valence-electron chi connectivity index (χ0n) is 16.7. The van der Waals surface area contributed by atoms with Crippen LogP contribution < -0.4 is 11.2 Å². The largest absolute Gasteiger partial charge is 0.355 e. The summed E-state index contributed by atoms with van der Waals surface area (Å²) < 4.78 is 5.34. The van der Waals surface area contributed by atoms with Gasteiger partial charge in [-0.3, -0.25) is 4.79 Å². The van der Waals surface area contributed by atoms with Crippen LogP contribution in [0.4, 0.5) is 0 Å². The van der Waals surface area contributed by atoms with E-state index in [9.17, 15) is 4.79 Å². The molecule has 0 atom stereocenters. The topological polar surface area (TPSA) is 97.3 Å². The number of hydrogen-bond acceptors (Lipinski definition) is 7. The number of thiazole rings is 1. The molecule has 3 aromatic rings. The number of aromatic nitrogens is 2. The standard InChI is InChI=1S/C22H23N5O2S/c1-15-24-13-21(30-15)20-12-18(26-29-20)22(28)25-17-10-6-3-7-11-19(17)27(23)14-16-8-4-2-5-9-16/h2,4-6,8-10,12-13H,3,7,11,14,23H2,1H3,(H,25,28). The molecule has 2 heterocycles. The quantitative estimate of drug-likeness (QED) is 0.458. The van der Waals surface area contributed by atoms with Gasteiger partial charge in [0.15, 0.2) is 11.5 Å². The Morgan fingerprint density at radius 2 is 2.17 bits per heavy atom. The Morgan fingerprint density at radius 3 is 2.93 bits per heavy atom. The van der Waals surface area contributed by atoms with Crippen LogP contribution in [-0.4, -0.2) is 21.1 Å². The zero-order valence-corrected chi connectivity index (χ0v) is 17.5. The number of aryl methyl sites for hydroxylation is 1. The van der Waals surface area contributed by atoms with E-state index in [1.54, 1.807) is 17.3 Å². The number of hydrazine groups is 1.